The third-order valence-corrected chi connectivity index (χ3v) is 3.16. The Morgan fingerprint density at radius 1 is 1.35 bits per heavy atom. The summed E-state index contributed by atoms with van der Waals surface area (Å²) in [6, 6.07) is 0.111. The first kappa shape index (κ1) is 14.3. The number of hydrazine groups is 1. The Labute approximate surface area is 118 Å². The van der Waals surface area contributed by atoms with Crippen LogP contribution in [-0.4, -0.2) is 19.7 Å². The zero-order valence-corrected chi connectivity index (χ0v) is 12.1. The second-order valence-corrected chi connectivity index (χ2v) is 4.76. The van der Waals surface area contributed by atoms with Crippen LogP contribution in [0.4, 0.5) is 11.6 Å². The highest BCUT2D eigenvalue weighted by Crippen LogP contribution is 2.24. The van der Waals surface area contributed by atoms with Gasteiger partial charge in [-0.25, -0.2) is 15.8 Å². The molecule has 2 aromatic heterocycles. The van der Waals surface area contributed by atoms with Crippen molar-refractivity contribution in [2.45, 2.75) is 32.7 Å². The van der Waals surface area contributed by atoms with Gasteiger partial charge in [0.25, 0.3) is 0 Å². The Morgan fingerprint density at radius 3 is 2.70 bits per heavy atom. The number of anilines is 2. The number of nitrogens with one attached hydrogen (secondary N) is 2. The van der Waals surface area contributed by atoms with Gasteiger partial charge in [0.15, 0.2) is 0 Å². The standard InChI is InChI=1S/C13H21N7/c1-4-5-11-12(15-8-16-13(11)19-14)18-9(2)10-6-17-20(3)7-10/h6-9H,4-5,14H2,1-3H3,(H2,15,16,18,19). The average molecular weight is 275 g/mol. The van der Waals surface area contributed by atoms with Crippen LogP contribution in [0.3, 0.4) is 0 Å². The number of hydrogen-bond donors (Lipinski definition) is 3. The molecule has 0 fully saturated rings. The fraction of sp³-hybridized carbons (Fsp3) is 0.462. The summed E-state index contributed by atoms with van der Waals surface area (Å²) in [4.78, 5) is 8.49. The van der Waals surface area contributed by atoms with Crippen LogP contribution in [0.2, 0.25) is 0 Å². The van der Waals surface area contributed by atoms with E-state index in [4.69, 9.17) is 5.84 Å². The smallest absolute Gasteiger partial charge is 0.148 e. The molecule has 7 nitrogen and oxygen atoms in total. The number of hydrogen-bond acceptors (Lipinski definition) is 6. The zero-order valence-electron chi connectivity index (χ0n) is 12.1. The van der Waals surface area contributed by atoms with Crippen LogP contribution in [-0.2, 0) is 13.5 Å². The lowest BCUT2D eigenvalue weighted by Crippen LogP contribution is -2.15. The van der Waals surface area contributed by atoms with E-state index in [9.17, 15) is 0 Å². The maximum absolute atomic E-state index is 5.51. The van der Waals surface area contributed by atoms with E-state index < -0.39 is 0 Å². The third kappa shape index (κ3) is 3.05. The van der Waals surface area contributed by atoms with Crippen molar-refractivity contribution in [2.24, 2.45) is 12.9 Å². The average Bonchev–Trinajstić information content (AvgIpc) is 2.87. The van der Waals surface area contributed by atoms with Crippen LogP contribution >= 0.6 is 0 Å². The molecule has 0 amide bonds. The molecule has 2 rings (SSSR count). The van der Waals surface area contributed by atoms with Crippen molar-refractivity contribution in [2.75, 3.05) is 10.7 Å². The molecule has 1 unspecified atom stereocenters. The molecule has 1 atom stereocenters. The molecule has 0 aliphatic rings. The van der Waals surface area contributed by atoms with Gasteiger partial charge in [-0.2, -0.15) is 5.10 Å². The largest absolute Gasteiger partial charge is 0.363 e. The number of aryl methyl sites for hydroxylation is 1. The predicted octanol–water partition coefficient (Wildman–Crippen LogP) is 1.62. The van der Waals surface area contributed by atoms with E-state index in [1.165, 1.54) is 6.33 Å². The second kappa shape index (κ2) is 6.33. The van der Waals surface area contributed by atoms with Gasteiger partial charge < -0.3 is 10.7 Å². The molecule has 0 aliphatic carbocycles. The van der Waals surface area contributed by atoms with E-state index in [1.54, 1.807) is 4.68 Å². The molecule has 7 heteroatoms. The Hall–Kier alpha value is -2.15. The first-order valence-corrected chi connectivity index (χ1v) is 6.71. The number of nitrogen functional groups attached to an aromatic ring is 1. The third-order valence-electron chi connectivity index (χ3n) is 3.16. The molecule has 0 radical (unpaired) electrons. The lowest BCUT2D eigenvalue weighted by molar-refractivity contribution is 0.765. The number of nitrogens with two attached hydrogens (primary N) is 1. The van der Waals surface area contributed by atoms with Gasteiger partial charge in [-0.05, 0) is 13.3 Å². The molecule has 0 saturated carbocycles. The molecule has 2 heterocycles. The van der Waals surface area contributed by atoms with Crippen LogP contribution in [0.15, 0.2) is 18.7 Å². The van der Waals surface area contributed by atoms with Crippen molar-refractivity contribution < 1.29 is 0 Å². The Balaban J connectivity index is 2.24. The zero-order chi connectivity index (χ0) is 14.5. The van der Waals surface area contributed by atoms with Gasteiger partial charge in [0.05, 0.1) is 12.2 Å². The Kier molecular flexibility index (Phi) is 4.52. The van der Waals surface area contributed by atoms with Gasteiger partial charge in [-0.1, -0.05) is 13.3 Å². The molecular formula is C13H21N7. The summed E-state index contributed by atoms with van der Waals surface area (Å²) in [5.74, 6) is 6.99. The molecule has 0 aliphatic heterocycles. The Bertz CT molecular complexity index is 564. The summed E-state index contributed by atoms with van der Waals surface area (Å²) in [6.45, 7) is 4.19. The van der Waals surface area contributed by atoms with Gasteiger partial charge in [0, 0.05) is 24.4 Å². The summed E-state index contributed by atoms with van der Waals surface area (Å²) < 4.78 is 1.79. The monoisotopic (exact) mass is 275 g/mol. The molecule has 2 aromatic rings. The molecule has 4 N–H and O–H groups in total. The fourth-order valence-corrected chi connectivity index (χ4v) is 2.10. The first-order chi connectivity index (χ1) is 9.65. The van der Waals surface area contributed by atoms with Gasteiger partial charge >= 0.3 is 0 Å². The van der Waals surface area contributed by atoms with Crippen LogP contribution in [0.5, 0.6) is 0 Å². The van der Waals surface area contributed by atoms with Crippen LogP contribution < -0.4 is 16.6 Å². The quantitative estimate of drug-likeness (QED) is 0.548. The predicted molar refractivity (Wildman–Crippen MR) is 79.1 cm³/mol. The summed E-state index contributed by atoms with van der Waals surface area (Å²) in [6.07, 6.45) is 7.20. The Morgan fingerprint density at radius 2 is 2.10 bits per heavy atom. The van der Waals surface area contributed by atoms with Gasteiger partial charge in [0.2, 0.25) is 0 Å². The van der Waals surface area contributed by atoms with Crippen molar-refractivity contribution in [3.05, 3.63) is 29.8 Å². The SMILES string of the molecule is CCCc1c(NN)ncnc1NC(C)c1cnn(C)c1. The molecular weight excluding hydrogens is 254 g/mol. The van der Waals surface area contributed by atoms with E-state index >= 15 is 0 Å². The van der Waals surface area contributed by atoms with E-state index in [0.29, 0.717) is 5.82 Å². The fourth-order valence-electron chi connectivity index (χ4n) is 2.10. The number of rotatable bonds is 6. The van der Waals surface area contributed by atoms with Gasteiger partial charge in [0.1, 0.15) is 18.0 Å². The van der Waals surface area contributed by atoms with E-state index in [-0.39, 0.29) is 6.04 Å². The van der Waals surface area contributed by atoms with E-state index in [1.807, 2.05) is 19.4 Å². The topological polar surface area (TPSA) is 93.7 Å². The maximum Gasteiger partial charge on any atom is 0.148 e. The molecule has 20 heavy (non-hydrogen) atoms. The summed E-state index contributed by atoms with van der Waals surface area (Å²) in [5.41, 5.74) is 4.75. The highest BCUT2D eigenvalue weighted by molar-refractivity contribution is 5.57. The molecule has 0 saturated heterocycles. The van der Waals surface area contributed by atoms with E-state index in [2.05, 4.69) is 39.7 Å². The highest BCUT2D eigenvalue weighted by atomic mass is 15.3. The van der Waals surface area contributed by atoms with Gasteiger partial charge in [-0.3, -0.25) is 4.68 Å². The summed E-state index contributed by atoms with van der Waals surface area (Å²) in [7, 11) is 1.90. The molecule has 0 bridgehead atoms. The molecule has 0 aromatic carbocycles. The van der Waals surface area contributed by atoms with Crippen LogP contribution in [0, 0.1) is 0 Å². The van der Waals surface area contributed by atoms with Crippen molar-refractivity contribution in [3.63, 3.8) is 0 Å². The summed E-state index contributed by atoms with van der Waals surface area (Å²) in [5, 5.41) is 7.58. The minimum Gasteiger partial charge on any atom is -0.363 e. The number of nitrogens with zero attached hydrogens (tertiary/aromatic N) is 4. The van der Waals surface area contributed by atoms with Crippen LogP contribution in [0.1, 0.15) is 37.4 Å². The minimum absolute atomic E-state index is 0.111. The van der Waals surface area contributed by atoms with Crippen molar-refractivity contribution in [1.29, 1.82) is 0 Å². The second-order valence-electron chi connectivity index (χ2n) is 4.76. The highest BCUT2D eigenvalue weighted by Gasteiger charge is 2.14. The summed E-state index contributed by atoms with van der Waals surface area (Å²) >= 11 is 0. The molecule has 0 spiro atoms. The number of aromatic nitrogens is 4. The first-order valence-electron chi connectivity index (χ1n) is 6.71. The van der Waals surface area contributed by atoms with Crippen molar-refractivity contribution in [1.82, 2.24) is 19.7 Å². The minimum atomic E-state index is 0.111. The maximum atomic E-state index is 5.51. The lowest BCUT2D eigenvalue weighted by Gasteiger charge is -2.17. The van der Waals surface area contributed by atoms with E-state index in [0.717, 1.165) is 29.8 Å². The lowest BCUT2D eigenvalue weighted by atomic mass is 10.1. The van der Waals surface area contributed by atoms with Gasteiger partial charge in [-0.15, -0.1) is 0 Å². The van der Waals surface area contributed by atoms with Crippen molar-refractivity contribution in [3.8, 4) is 0 Å². The van der Waals surface area contributed by atoms with Crippen molar-refractivity contribution >= 4 is 11.6 Å². The normalized spacial score (nSPS) is 12.2. The van der Waals surface area contributed by atoms with Crippen LogP contribution in [0.25, 0.3) is 0 Å². The molecule has 108 valence electrons.